The Bertz CT molecular complexity index is 5090. The predicted octanol–water partition coefficient (Wildman–Crippen LogP) is 20.4. The number of rotatable bonds is 16. The van der Waals surface area contributed by atoms with Crippen LogP contribution in [0.4, 0.5) is 0 Å². The smallest absolute Gasteiger partial charge is 0.159 e. The third-order valence-corrected chi connectivity index (χ3v) is 43.2. The molecule has 16 fully saturated rings. The van der Waals surface area contributed by atoms with Crippen molar-refractivity contribution < 1.29 is 39.6 Å². The topological polar surface area (TPSA) is 298 Å². The maximum absolute atomic E-state index is 13.6. The summed E-state index contributed by atoms with van der Waals surface area (Å²) >= 11 is 0. The summed E-state index contributed by atoms with van der Waals surface area (Å²) in [5.41, 5.74) is 4.85. The number of fused-ring (bicyclic) bond motifs is 24. The zero-order chi connectivity index (χ0) is 91.2. The fourth-order valence-electron chi connectivity index (χ4n) is 36.2. The summed E-state index contributed by atoms with van der Waals surface area (Å²) in [5, 5.41) is 75.2. The number of carbonyl (C=O) groups excluding carboxylic acids is 4. The number of hydrogen-bond acceptors (Lipinski definition) is 18. The van der Waals surface area contributed by atoms with Gasteiger partial charge in [-0.25, -0.2) is 9.36 Å². The second kappa shape index (κ2) is 35.7. The van der Waals surface area contributed by atoms with Crippen molar-refractivity contribution in [1.29, 1.82) is 0 Å². The lowest BCUT2D eigenvalue weighted by molar-refractivity contribution is -0.134. The van der Waals surface area contributed by atoms with Crippen molar-refractivity contribution in [2.45, 2.75) is 361 Å². The van der Waals surface area contributed by atoms with Crippen LogP contribution in [0.25, 0.3) is 44.0 Å². The second-order valence-corrected chi connectivity index (χ2v) is 48.3. The van der Waals surface area contributed by atoms with Crippen LogP contribution in [0.15, 0.2) is 85.8 Å². The first kappa shape index (κ1) is 91.3. The molecule has 0 unspecified atom stereocenters. The van der Waals surface area contributed by atoms with Gasteiger partial charge in [-0.3, -0.25) is 38.8 Å². The molecule has 16 aliphatic rings. The summed E-state index contributed by atoms with van der Waals surface area (Å²) in [6.07, 6.45) is 57.9. The number of benzene rings is 1. The molecule has 16 saturated carbocycles. The number of carbonyl (C=O) groups is 4. The van der Waals surface area contributed by atoms with Crippen molar-refractivity contribution in [1.82, 2.24) is 69.7 Å². The summed E-state index contributed by atoms with van der Waals surface area (Å²) in [6.45, 7) is 19.6. The Labute approximate surface area is 782 Å². The third kappa shape index (κ3) is 16.2. The van der Waals surface area contributed by atoms with Crippen LogP contribution in [0.2, 0.25) is 0 Å². The zero-order valence-corrected chi connectivity index (χ0v) is 80.7. The highest BCUT2D eigenvalue weighted by atomic mass is 16.3. The molecular formula is C110H154N14O8. The Morgan fingerprint density at radius 1 is 0.318 bits per heavy atom. The van der Waals surface area contributed by atoms with Gasteiger partial charge in [0.1, 0.15) is 48.2 Å². The number of Topliss-reactive ketones (excluding diaryl/α,β-unsaturated/α-hetero) is 4. The van der Waals surface area contributed by atoms with Crippen LogP contribution in [0, 0.1) is 164 Å². The molecule has 0 amide bonds. The van der Waals surface area contributed by atoms with E-state index >= 15 is 0 Å². The quantitative estimate of drug-likeness (QED) is 0.0699. The van der Waals surface area contributed by atoms with Crippen molar-refractivity contribution in [2.24, 2.45) is 164 Å². The molecule has 132 heavy (non-hydrogen) atoms. The number of hydrogen-bond donors (Lipinski definition) is 4. The van der Waals surface area contributed by atoms with Gasteiger partial charge >= 0.3 is 0 Å². The van der Waals surface area contributed by atoms with E-state index in [2.05, 4.69) is 106 Å². The Morgan fingerprint density at radius 2 is 0.659 bits per heavy atom. The number of aromatic nitrogens is 14. The first-order chi connectivity index (χ1) is 63.6. The molecule has 22 nitrogen and oxygen atoms in total. The lowest BCUT2D eigenvalue weighted by atomic mass is 9.48. The van der Waals surface area contributed by atoms with E-state index in [1.54, 1.807) is 40.5 Å². The lowest BCUT2D eigenvalue weighted by Crippen LogP contribution is -2.51. The number of ketones is 4. The van der Waals surface area contributed by atoms with Crippen molar-refractivity contribution >= 4 is 67.1 Å². The molecule has 24 rings (SSSR count). The minimum absolute atomic E-state index is 0.123. The van der Waals surface area contributed by atoms with E-state index < -0.39 is 22.4 Å². The van der Waals surface area contributed by atoms with Gasteiger partial charge in [0.2, 0.25) is 0 Å². The Balaban J connectivity index is 0.000000106. The third-order valence-electron chi connectivity index (χ3n) is 43.2. The molecule has 0 aliphatic heterocycles. The SMILES string of the molecule is CC[C@@]1(O)CC[C@H]2[C@@H](CC[C@@H]3[C@@H]2CC[C@]2(C)[C@@H](C(=O)Cn4nc5ccncc5n4)CC[C@@H]32)C1.CC[C@@]1(O)CC[C@H]2[C@@H](CC[C@@H]3[C@@H]2CC[C@]2(C)[C@@H](C(=O)Cn4ncc5ccncc54)CC[C@@H]32)C1.CC[C@@]1(O)CC[C@H]2[C@@H](CC[C@@H]3[C@@H]2CC[C@]2(C)[C@@H](C(=O)Cn4nnc5ccccc54)CC[C@@H]32)C1.CC[C@@]1(O)CC[C@H]2[C@@H](CC[C@@H]3[C@@H]2CC[C@]2(C)[C@@H](C(=O)Cn4nnc5cnccc54)CC[C@@H]32)C1. The number of nitrogens with zero attached hydrogens (tertiary/aromatic N) is 14. The maximum atomic E-state index is 13.6. The molecule has 7 aromatic heterocycles. The molecule has 8 aromatic rings. The van der Waals surface area contributed by atoms with E-state index in [4.69, 9.17) is 0 Å². The summed E-state index contributed by atoms with van der Waals surface area (Å²) < 4.78 is 5.43. The van der Waals surface area contributed by atoms with Crippen molar-refractivity contribution in [3.63, 3.8) is 0 Å². The van der Waals surface area contributed by atoms with Crippen LogP contribution in [-0.4, -0.2) is 136 Å². The molecule has 0 bridgehead atoms. The molecule has 4 N–H and O–H groups in total. The summed E-state index contributed by atoms with van der Waals surface area (Å²) in [5.74, 6) is 17.1. The summed E-state index contributed by atoms with van der Waals surface area (Å²) in [7, 11) is 0. The Kier molecular flexibility index (Phi) is 24.7. The summed E-state index contributed by atoms with van der Waals surface area (Å²) in [6, 6.07) is 13.6. The average Bonchev–Trinajstić information content (AvgIpc) is 1.75. The molecule has 16 aliphatic carbocycles. The van der Waals surface area contributed by atoms with Gasteiger partial charge in [0, 0.05) is 47.6 Å². The van der Waals surface area contributed by atoms with Gasteiger partial charge in [0.05, 0.1) is 63.7 Å². The average molecular weight is 1800 g/mol. The molecule has 22 heteroatoms. The van der Waals surface area contributed by atoms with E-state index in [1.165, 1.54) is 154 Å². The van der Waals surface area contributed by atoms with Crippen LogP contribution < -0.4 is 0 Å². The number of pyridine rings is 3. The van der Waals surface area contributed by atoms with Gasteiger partial charge in [0.15, 0.2) is 23.1 Å². The maximum Gasteiger partial charge on any atom is 0.159 e. The highest BCUT2D eigenvalue weighted by molar-refractivity contribution is 5.87. The number of para-hydroxylation sites is 1. The standard InChI is InChI=1S/2C28H39N3O2.2C27H38N4O2/c1-3-28(33)12-9-20-18(14-28)4-5-22-21(20)8-11-27(2)23(22)6-7-24(27)26(32)17-31-25-16-29-13-10-19(25)15-30-31;1-3-28(33)15-13-19-18(16-28)8-9-21-20(19)12-14-27(2)22(21)10-11-23(27)26(32)17-31-25-7-5-4-6-24(25)29-30-31;1-3-27(33)12-9-18-17(14-27)4-5-20-19(18)8-11-26(2)21(20)6-7-22(26)25(32)16-31-24-10-13-28-15-23(24)29-30-31;1-3-27(33)12-9-18-17(14-27)4-5-20-19(18)8-11-26(2)21(20)6-7-22(26)25(32)16-31-29-23-10-13-28-15-24(23)30-31/h10,13,15-16,18,20-24,33H,3-9,11-12,14,17H2,1-2H3;4-7,18-23,33H,3,8-17H2,1-2H3;2*10,13,15,17-22,33H,3-9,11-12,14,16H2,1-2H3/t18-,20-,21+,22+,23-,24+,27-,28+;18-,19-,20+,21+,22-,23+,27-,28+;2*17-,18-,19+,20+,21-,22+,26-,27+/m0000/s1. The molecule has 0 spiro atoms. The van der Waals surface area contributed by atoms with E-state index in [0.717, 1.165) is 224 Å². The molecule has 712 valence electrons. The van der Waals surface area contributed by atoms with Crippen LogP contribution in [0.5, 0.6) is 0 Å². The highest BCUT2D eigenvalue weighted by Gasteiger charge is 2.65. The van der Waals surface area contributed by atoms with Gasteiger partial charge in [-0.2, -0.15) is 20.1 Å². The van der Waals surface area contributed by atoms with Gasteiger partial charge in [-0.15, -0.1) is 10.2 Å². The van der Waals surface area contributed by atoms with Gasteiger partial charge in [0.25, 0.3) is 0 Å². The van der Waals surface area contributed by atoms with Gasteiger partial charge < -0.3 is 20.4 Å². The molecule has 32 atom stereocenters. The second-order valence-electron chi connectivity index (χ2n) is 48.3. The first-order valence-corrected chi connectivity index (χ1v) is 53.5. The first-order valence-electron chi connectivity index (χ1n) is 53.5. The fraction of sp³-hybridized carbons (Fsp3) is 0.764. The van der Waals surface area contributed by atoms with Crippen LogP contribution in [-0.2, 0) is 45.4 Å². The van der Waals surface area contributed by atoms with Crippen LogP contribution >= 0.6 is 0 Å². The number of aliphatic hydroxyl groups is 4. The predicted molar refractivity (Wildman–Crippen MR) is 509 cm³/mol. The van der Waals surface area contributed by atoms with E-state index in [0.29, 0.717) is 84.2 Å². The van der Waals surface area contributed by atoms with Crippen LogP contribution in [0.1, 0.15) is 312 Å². The van der Waals surface area contributed by atoms with Crippen LogP contribution in [0.3, 0.4) is 0 Å². The van der Waals surface area contributed by atoms with Crippen molar-refractivity contribution in [3.8, 4) is 0 Å². The highest BCUT2D eigenvalue weighted by Crippen LogP contribution is 2.71. The largest absolute Gasteiger partial charge is 0.390 e. The van der Waals surface area contributed by atoms with E-state index in [-0.39, 0.29) is 51.9 Å². The monoisotopic (exact) mass is 1800 g/mol. The zero-order valence-electron chi connectivity index (χ0n) is 80.7. The lowest BCUT2D eigenvalue weighted by Gasteiger charge is -2.57. The summed E-state index contributed by atoms with van der Waals surface area (Å²) in [4.78, 5) is 68.3. The molecular weight excluding hydrogens is 1650 g/mol. The normalized spacial score (nSPS) is 42.5. The molecule has 0 radical (unpaired) electrons. The molecule has 0 saturated heterocycles. The Hall–Kier alpha value is -7.14. The van der Waals surface area contributed by atoms with Crippen molar-refractivity contribution in [2.75, 3.05) is 0 Å². The minimum atomic E-state index is -0.413. The Morgan fingerprint density at radius 3 is 1.07 bits per heavy atom. The van der Waals surface area contributed by atoms with E-state index in [1.807, 2.05) is 64.2 Å². The van der Waals surface area contributed by atoms with Gasteiger partial charge in [-0.05, 0) is 427 Å². The molecule has 7 heterocycles. The fourth-order valence-corrected chi connectivity index (χ4v) is 36.2. The van der Waals surface area contributed by atoms with Crippen molar-refractivity contribution in [3.05, 3.63) is 85.8 Å². The van der Waals surface area contributed by atoms with Gasteiger partial charge in [-0.1, -0.05) is 77.9 Å². The minimum Gasteiger partial charge on any atom is -0.390 e. The van der Waals surface area contributed by atoms with E-state index in [9.17, 15) is 39.6 Å². The molecule has 1 aromatic carbocycles.